The summed E-state index contributed by atoms with van der Waals surface area (Å²) < 4.78 is 6.56. The van der Waals surface area contributed by atoms with Crippen molar-refractivity contribution in [2.45, 2.75) is 6.92 Å². The lowest BCUT2D eigenvalue weighted by Crippen LogP contribution is -2.11. The second-order valence-electron chi connectivity index (χ2n) is 5.26. The highest BCUT2D eigenvalue weighted by Gasteiger charge is 2.11. The molecule has 25 heavy (non-hydrogen) atoms. The Morgan fingerprint density at radius 1 is 1.04 bits per heavy atom. The van der Waals surface area contributed by atoms with Crippen LogP contribution in [0.1, 0.15) is 27.6 Å². The quantitative estimate of drug-likeness (QED) is 0.726. The van der Waals surface area contributed by atoms with Gasteiger partial charge in [-0.3, -0.25) is 4.79 Å². The summed E-state index contributed by atoms with van der Waals surface area (Å²) in [7, 11) is 0. The number of aromatic nitrogens is 2. The van der Waals surface area contributed by atoms with E-state index in [0.29, 0.717) is 23.4 Å². The van der Waals surface area contributed by atoms with Crippen LogP contribution < -0.4 is 5.32 Å². The van der Waals surface area contributed by atoms with E-state index in [-0.39, 0.29) is 11.9 Å². The zero-order valence-corrected chi connectivity index (χ0v) is 13.7. The van der Waals surface area contributed by atoms with Gasteiger partial charge in [0.25, 0.3) is 5.91 Å². The lowest BCUT2D eigenvalue weighted by atomic mass is 10.2. The molecule has 3 aromatic rings. The third-order valence-electron chi connectivity index (χ3n) is 3.52. The van der Waals surface area contributed by atoms with E-state index >= 15 is 0 Å². The summed E-state index contributed by atoms with van der Waals surface area (Å²) in [5, 5.41) is 6.98. The SMILES string of the molecule is CCOC(=O)c1ccc(NC(=O)c2cnn(-c3ccccc3)c2)cc1. The first-order valence-electron chi connectivity index (χ1n) is 7.86. The van der Waals surface area contributed by atoms with Gasteiger partial charge in [-0.15, -0.1) is 0 Å². The Bertz CT molecular complexity index is 870. The van der Waals surface area contributed by atoms with Gasteiger partial charge in [-0.1, -0.05) is 18.2 Å². The van der Waals surface area contributed by atoms with Crippen molar-refractivity contribution >= 4 is 17.6 Å². The van der Waals surface area contributed by atoms with Gasteiger partial charge in [0.2, 0.25) is 0 Å². The molecule has 0 saturated heterocycles. The molecule has 6 nitrogen and oxygen atoms in total. The lowest BCUT2D eigenvalue weighted by Gasteiger charge is -2.05. The van der Waals surface area contributed by atoms with Crippen LogP contribution in [0, 0.1) is 0 Å². The third-order valence-corrected chi connectivity index (χ3v) is 3.52. The Balaban J connectivity index is 1.68. The van der Waals surface area contributed by atoms with E-state index < -0.39 is 0 Å². The van der Waals surface area contributed by atoms with E-state index in [4.69, 9.17) is 4.74 Å². The van der Waals surface area contributed by atoms with Crippen LogP contribution in [0.2, 0.25) is 0 Å². The fraction of sp³-hybridized carbons (Fsp3) is 0.105. The number of nitrogens with one attached hydrogen (secondary N) is 1. The van der Waals surface area contributed by atoms with Crippen molar-refractivity contribution in [3.8, 4) is 5.69 Å². The Kier molecular flexibility index (Phi) is 4.89. The number of carbonyl (C=O) groups excluding carboxylic acids is 2. The van der Waals surface area contributed by atoms with Crippen LogP contribution in [0.5, 0.6) is 0 Å². The van der Waals surface area contributed by atoms with Gasteiger partial charge in [-0.2, -0.15) is 5.10 Å². The molecule has 1 N–H and O–H groups in total. The fourth-order valence-corrected chi connectivity index (χ4v) is 2.27. The molecule has 1 aromatic heterocycles. The summed E-state index contributed by atoms with van der Waals surface area (Å²) in [6.07, 6.45) is 3.17. The topological polar surface area (TPSA) is 73.2 Å². The maximum absolute atomic E-state index is 12.3. The summed E-state index contributed by atoms with van der Waals surface area (Å²) in [5.41, 5.74) is 2.35. The number of hydrogen-bond donors (Lipinski definition) is 1. The van der Waals surface area contributed by atoms with E-state index in [2.05, 4.69) is 10.4 Å². The summed E-state index contributed by atoms with van der Waals surface area (Å²) in [4.78, 5) is 23.9. The van der Waals surface area contributed by atoms with Crippen LogP contribution >= 0.6 is 0 Å². The lowest BCUT2D eigenvalue weighted by molar-refractivity contribution is 0.0526. The molecule has 6 heteroatoms. The van der Waals surface area contributed by atoms with Crippen LogP contribution in [-0.4, -0.2) is 28.3 Å². The van der Waals surface area contributed by atoms with Gasteiger partial charge in [0.15, 0.2) is 0 Å². The van der Waals surface area contributed by atoms with Crippen LogP contribution in [0.15, 0.2) is 67.0 Å². The number of carbonyl (C=O) groups is 2. The van der Waals surface area contributed by atoms with Crippen molar-refractivity contribution in [2.24, 2.45) is 0 Å². The molecular weight excluding hydrogens is 318 g/mol. The average molecular weight is 335 g/mol. The van der Waals surface area contributed by atoms with Gasteiger partial charge in [0.05, 0.1) is 29.6 Å². The molecule has 0 atom stereocenters. The Morgan fingerprint density at radius 3 is 2.44 bits per heavy atom. The van der Waals surface area contributed by atoms with Crippen LogP contribution in [0.25, 0.3) is 5.69 Å². The largest absolute Gasteiger partial charge is 0.462 e. The highest BCUT2D eigenvalue weighted by molar-refractivity contribution is 6.04. The number of benzene rings is 2. The first-order valence-corrected chi connectivity index (χ1v) is 7.86. The van der Waals surface area contributed by atoms with Crippen molar-refractivity contribution < 1.29 is 14.3 Å². The maximum Gasteiger partial charge on any atom is 0.338 e. The minimum atomic E-state index is -0.385. The van der Waals surface area contributed by atoms with Gasteiger partial charge >= 0.3 is 5.97 Å². The summed E-state index contributed by atoms with van der Waals surface area (Å²) in [6.45, 7) is 2.07. The fourth-order valence-electron chi connectivity index (χ4n) is 2.27. The van der Waals surface area contributed by atoms with E-state index in [1.165, 1.54) is 6.20 Å². The third kappa shape index (κ3) is 3.92. The first kappa shape index (κ1) is 16.4. The molecule has 0 unspecified atom stereocenters. The number of ether oxygens (including phenoxy) is 1. The Morgan fingerprint density at radius 2 is 1.76 bits per heavy atom. The Hall–Kier alpha value is -3.41. The van der Waals surface area contributed by atoms with E-state index in [9.17, 15) is 9.59 Å². The van der Waals surface area contributed by atoms with Gasteiger partial charge in [-0.25, -0.2) is 9.48 Å². The van der Waals surface area contributed by atoms with Gasteiger partial charge in [-0.05, 0) is 43.3 Å². The molecule has 0 aliphatic rings. The molecule has 0 aliphatic heterocycles. The van der Waals surface area contributed by atoms with Crippen LogP contribution in [-0.2, 0) is 4.74 Å². The Labute approximate surface area is 145 Å². The van der Waals surface area contributed by atoms with E-state index in [0.717, 1.165) is 5.69 Å². The highest BCUT2D eigenvalue weighted by atomic mass is 16.5. The van der Waals surface area contributed by atoms with Crippen molar-refractivity contribution in [3.63, 3.8) is 0 Å². The minimum Gasteiger partial charge on any atom is -0.462 e. The molecular formula is C19H17N3O3. The van der Waals surface area contributed by atoms with E-state index in [1.807, 2.05) is 30.3 Å². The number of rotatable bonds is 5. The summed E-state index contributed by atoms with van der Waals surface area (Å²) >= 11 is 0. The molecule has 0 aliphatic carbocycles. The molecule has 0 fully saturated rings. The standard InChI is InChI=1S/C19H17N3O3/c1-2-25-19(24)14-8-10-16(11-9-14)21-18(23)15-12-20-22(13-15)17-6-4-3-5-7-17/h3-13H,2H2,1H3,(H,21,23). The average Bonchev–Trinajstić information content (AvgIpc) is 3.13. The van der Waals surface area contributed by atoms with Gasteiger partial charge in [0.1, 0.15) is 0 Å². The molecule has 1 amide bonds. The second kappa shape index (κ2) is 7.44. The van der Waals surface area contributed by atoms with E-state index in [1.54, 1.807) is 42.1 Å². The monoisotopic (exact) mass is 335 g/mol. The van der Waals surface area contributed by atoms with Crippen LogP contribution in [0.4, 0.5) is 5.69 Å². The molecule has 126 valence electrons. The smallest absolute Gasteiger partial charge is 0.338 e. The van der Waals surface area contributed by atoms with Crippen LogP contribution in [0.3, 0.4) is 0 Å². The number of anilines is 1. The van der Waals surface area contributed by atoms with Gasteiger partial charge < -0.3 is 10.1 Å². The maximum atomic E-state index is 12.3. The summed E-state index contributed by atoms with van der Waals surface area (Å²) in [6, 6.07) is 16.1. The number of hydrogen-bond acceptors (Lipinski definition) is 4. The molecule has 1 heterocycles. The molecule has 2 aromatic carbocycles. The zero-order chi connectivity index (χ0) is 17.6. The predicted octanol–water partition coefficient (Wildman–Crippen LogP) is 3.30. The number of para-hydroxylation sites is 1. The van der Waals surface area contributed by atoms with Crippen molar-refractivity contribution in [1.29, 1.82) is 0 Å². The van der Waals surface area contributed by atoms with Crippen molar-refractivity contribution in [2.75, 3.05) is 11.9 Å². The highest BCUT2D eigenvalue weighted by Crippen LogP contribution is 2.13. The van der Waals surface area contributed by atoms with Gasteiger partial charge in [0, 0.05) is 11.9 Å². The normalized spacial score (nSPS) is 10.3. The zero-order valence-electron chi connectivity index (χ0n) is 13.7. The molecule has 0 bridgehead atoms. The molecule has 0 radical (unpaired) electrons. The predicted molar refractivity (Wildman–Crippen MR) is 93.9 cm³/mol. The number of nitrogens with zero attached hydrogens (tertiary/aromatic N) is 2. The van der Waals surface area contributed by atoms with Crippen molar-refractivity contribution in [1.82, 2.24) is 9.78 Å². The van der Waals surface area contributed by atoms with Crippen molar-refractivity contribution in [3.05, 3.63) is 78.1 Å². The summed E-state index contributed by atoms with van der Waals surface area (Å²) in [5.74, 6) is -0.657. The molecule has 0 spiro atoms. The minimum absolute atomic E-state index is 0.272. The second-order valence-corrected chi connectivity index (χ2v) is 5.26. The number of amides is 1. The number of esters is 1. The first-order chi connectivity index (χ1) is 12.2. The molecule has 3 rings (SSSR count). The molecule has 0 saturated carbocycles.